The van der Waals surface area contributed by atoms with Gasteiger partial charge in [-0.3, -0.25) is 14.6 Å². The number of piperazine rings is 1. The van der Waals surface area contributed by atoms with Gasteiger partial charge in [0.15, 0.2) is 0 Å². The summed E-state index contributed by atoms with van der Waals surface area (Å²) in [5.74, 6) is 0.0665. The number of amides is 2. The van der Waals surface area contributed by atoms with E-state index in [1.54, 1.807) is 6.20 Å². The van der Waals surface area contributed by atoms with E-state index in [0.29, 0.717) is 38.3 Å². The molecular weight excluding hydrogens is 392 g/mol. The van der Waals surface area contributed by atoms with Crippen molar-refractivity contribution in [1.82, 2.24) is 15.2 Å². The van der Waals surface area contributed by atoms with E-state index in [4.69, 9.17) is 4.74 Å². The molecule has 1 unspecified atom stereocenters. The van der Waals surface area contributed by atoms with E-state index < -0.39 is 0 Å². The predicted octanol–water partition coefficient (Wildman–Crippen LogP) is 2.40. The maximum Gasteiger partial charge on any atom is 0.253 e. The van der Waals surface area contributed by atoms with Crippen molar-refractivity contribution in [1.29, 1.82) is 0 Å². The molecule has 0 saturated carbocycles. The molecule has 1 atom stereocenters. The maximum atomic E-state index is 12.9. The number of ether oxygens (including phenoxy) is 1. The summed E-state index contributed by atoms with van der Waals surface area (Å²) in [5, 5.41) is 1.93. The molecule has 3 aliphatic heterocycles. The van der Waals surface area contributed by atoms with Gasteiger partial charge in [-0.25, -0.2) is 5.43 Å². The highest BCUT2D eigenvalue weighted by molar-refractivity contribution is 5.95. The summed E-state index contributed by atoms with van der Waals surface area (Å²) >= 11 is 0. The minimum Gasteiger partial charge on any atom is -0.368 e. The Balaban J connectivity index is 1.24. The lowest BCUT2D eigenvalue weighted by atomic mass is 10.0. The average Bonchev–Trinajstić information content (AvgIpc) is 3.20. The van der Waals surface area contributed by atoms with E-state index in [1.165, 1.54) is 5.56 Å². The third-order valence-electron chi connectivity index (χ3n) is 6.29. The van der Waals surface area contributed by atoms with Crippen LogP contribution < -0.4 is 10.4 Å². The Morgan fingerprint density at radius 2 is 1.68 bits per heavy atom. The average molecular weight is 418 g/mol. The summed E-state index contributed by atoms with van der Waals surface area (Å²) in [6.07, 6.45) is 2.30. The van der Waals surface area contributed by atoms with Gasteiger partial charge in [0.05, 0.1) is 12.3 Å². The van der Waals surface area contributed by atoms with Crippen molar-refractivity contribution >= 4 is 17.5 Å². The van der Waals surface area contributed by atoms with E-state index in [9.17, 15) is 9.59 Å². The first-order valence-electron chi connectivity index (χ1n) is 10.7. The topological polar surface area (TPSA) is 65.1 Å². The minimum absolute atomic E-state index is 0.00882. The SMILES string of the molecule is C=CN1NCc2ccc(-c3ccc(C(=O)N4CCN(C(=O)C5CCO5)CC4)cc3)cc21. The molecule has 3 heterocycles. The number of rotatable bonds is 4. The molecule has 2 aromatic rings. The molecule has 31 heavy (non-hydrogen) atoms. The molecular formula is C24H26N4O3. The highest BCUT2D eigenvalue weighted by Gasteiger charge is 2.33. The van der Waals surface area contributed by atoms with Crippen LogP contribution in [0.2, 0.25) is 0 Å². The molecule has 0 aliphatic carbocycles. The molecule has 0 spiro atoms. The molecule has 2 saturated heterocycles. The van der Waals surface area contributed by atoms with E-state index >= 15 is 0 Å². The molecule has 7 heteroatoms. The van der Waals surface area contributed by atoms with E-state index in [2.05, 4.69) is 30.2 Å². The van der Waals surface area contributed by atoms with Gasteiger partial charge < -0.3 is 14.5 Å². The van der Waals surface area contributed by atoms with Crippen molar-refractivity contribution in [2.75, 3.05) is 37.8 Å². The standard InChI is InChI=1S/C24H26N4O3/c1-2-28-21-15-19(7-8-20(21)16-25-28)17-3-5-18(6-4-17)23(29)26-10-12-27(13-11-26)24(30)22-9-14-31-22/h2-8,15,22,25H,1,9-14,16H2. The Hall–Kier alpha value is -3.16. The van der Waals surface area contributed by atoms with Crippen LogP contribution in [0, 0.1) is 0 Å². The first-order valence-corrected chi connectivity index (χ1v) is 10.7. The van der Waals surface area contributed by atoms with Crippen LogP contribution in [0.1, 0.15) is 22.3 Å². The van der Waals surface area contributed by atoms with Crippen LogP contribution in [0.3, 0.4) is 0 Å². The van der Waals surface area contributed by atoms with Crippen molar-refractivity contribution in [2.45, 2.75) is 19.1 Å². The van der Waals surface area contributed by atoms with E-state index in [0.717, 1.165) is 29.8 Å². The molecule has 2 amide bonds. The van der Waals surface area contributed by atoms with Crippen LogP contribution in [0.4, 0.5) is 5.69 Å². The monoisotopic (exact) mass is 418 g/mol. The third kappa shape index (κ3) is 3.71. The Labute approximate surface area is 181 Å². The van der Waals surface area contributed by atoms with Crippen LogP contribution in [0.15, 0.2) is 55.2 Å². The van der Waals surface area contributed by atoms with Crippen molar-refractivity contribution in [3.05, 3.63) is 66.4 Å². The van der Waals surface area contributed by atoms with Gasteiger partial charge in [0.2, 0.25) is 0 Å². The lowest BCUT2D eigenvalue weighted by Gasteiger charge is -2.38. The second-order valence-corrected chi connectivity index (χ2v) is 8.07. The van der Waals surface area contributed by atoms with Gasteiger partial charge in [0.1, 0.15) is 6.10 Å². The number of anilines is 1. The third-order valence-corrected chi connectivity index (χ3v) is 6.29. The van der Waals surface area contributed by atoms with Gasteiger partial charge in [-0.15, -0.1) is 0 Å². The summed E-state index contributed by atoms with van der Waals surface area (Å²) in [6, 6.07) is 14.1. The highest BCUT2D eigenvalue weighted by atomic mass is 16.5. The molecule has 1 N–H and O–H groups in total. The van der Waals surface area contributed by atoms with Gasteiger partial charge in [0.25, 0.3) is 11.8 Å². The molecule has 7 nitrogen and oxygen atoms in total. The molecule has 160 valence electrons. The maximum absolute atomic E-state index is 12.9. The van der Waals surface area contributed by atoms with Gasteiger partial charge >= 0.3 is 0 Å². The van der Waals surface area contributed by atoms with E-state index in [1.807, 2.05) is 39.1 Å². The molecule has 5 rings (SSSR count). The first kappa shape index (κ1) is 19.8. The summed E-state index contributed by atoms with van der Waals surface area (Å²) in [5.41, 5.74) is 8.43. The fourth-order valence-corrected chi connectivity index (χ4v) is 4.29. The van der Waals surface area contributed by atoms with Gasteiger partial charge in [-0.05, 0) is 34.9 Å². The smallest absolute Gasteiger partial charge is 0.253 e. The van der Waals surface area contributed by atoms with E-state index in [-0.39, 0.29) is 17.9 Å². The van der Waals surface area contributed by atoms with Crippen LogP contribution in [-0.2, 0) is 16.1 Å². The Kier molecular flexibility index (Phi) is 5.21. The molecule has 0 aromatic heterocycles. The normalized spacial score (nSPS) is 20.3. The molecule has 3 aliphatic rings. The highest BCUT2D eigenvalue weighted by Crippen LogP contribution is 2.31. The summed E-state index contributed by atoms with van der Waals surface area (Å²) in [7, 11) is 0. The molecule has 2 fully saturated rings. The zero-order chi connectivity index (χ0) is 21.4. The lowest BCUT2D eigenvalue weighted by molar-refractivity contribution is -0.157. The molecule has 0 bridgehead atoms. The van der Waals surface area contributed by atoms with Gasteiger partial charge in [-0.1, -0.05) is 30.8 Å². The Morgan fingerprint density at radius 3 is 2.32 bits per heavy atom. The number of nitrogens with one attached hydrogen (secondary N) is 1. The number of hydrogen-bond acceptors (Lipinski definition) is 5. The number of hydrazine groups is 1. The molecule has 0 radical (unpaired) electrons. The number of benzene rings is 2. The summed E-state index contributed by atoms with van der Waals surface area (Å²) in [4.78, 5) is 28.9. The van der Waals surface area contributed by atoms with Gasteiger partial charge in [-0.2, -0.15) is 0 Å². The van der Waals surface area contributed by atoms with Crippen LogP contribution >= 0.6 is 0 Å². The van der Waals surface area contributed by atoms with Crippen LogP contribution in [-0.4, -0.2) is 60.5 Å². The van der Waals surface area contributed by atoms with Crippen molar-refractivity contribution in [3.63, 3.8) is 0 Å². The van der Waals surface area contributed by atoms with Crippen molar-refractivity contribution in [3.8, 4) is 11.1 Å². The lowest BCUT2D eigenvalue weighted by Crippen LogP contribution is -2.54. The summed E-state index contributed by atoms with van der Waals surface area (Å²) in [6.45, 7) is 7.52. The second kappa shape index (κ2) is 8.17. The quantitative estimate of drug-likeness (QED) is 0.826. The van der Waals surface area contributed by atoms with Crippen molar-refractivity contribution < 1.29 is 14.3 Å². The number of nitrogens with zero attached hydrogens (tertiary/aromatic N) is 3. The number of carbonyl (C=O) groups excluding carboxylic acids is 2. The van der Waals surface area contributed by atoms with Crippen LogP contribution in [0.25, 0.3) is 11.1 Å². The predicted molar refractivity (Wildman–Crippen MR) is 118 cm³/mol. The molecule has 2 aromatic carbocycles. The Morgan fingerprint density at radius 1 is 1.00 bits per heavy atom. The fourth-order valence-electron chi connectivity index (χ4n) is 4.29. The van der Waals surface area contributed by atoms with Crippen LogP contribution in [0.5, 0.6) is 0 Å². The van der Waals surface area contributed by atoms with Crippen molar-refractivity contribution in [2.24, 2.45) is 0 Å². The largest absolute Gasteiger partial charge is 0.368 e. The second-order valence-electron chi connectivity index (χ2n) is 8.07. The summed E-state index contributed by atoms with van der Waals surface area (Å²) < 4.78 is 5.29. The zero-order valence-electron chi connectivity index (χ0n) is 17.4. The minimum atomic E-state index is -0.275. The first-order chi connectivity index (χ1) is 15.1. The number of carbonyl (C=O) groups is 2. The van der Waals surface area contributed by atoms with Gasteiger partial charge in [0, 0.05) is 50.9 Å². The zero-order valence-corrected chi connectivity index (χ0v) is 17.4. The number of hydrogen-bond donors (Lipinski definition) is 1. The Bertz CT molecular complexity index is 1010. The fraction of sp³-hybridized carbons (Fsp3) is 0.333. The number of fused-ring (bicyclic) bond motifs is 1.